The summed E-state index contributed by atoms with van der Waals surface area (Å²) in [5.41, 5.74) is 1.87. The highest BCUT2D eigenvalue weighted by atomic mass is 35.5. The predicted octanol–water partition coefficient (Wildman–Crippen LogP) is 6.61. The summed E-state index contributed by atoms with van der Waals surface area (Å²) in [4.78, 5) is 29.1. The fourth-order valence-corrected chi connectivity index (χ4v) is 6.30. The number of benzene rings is 3. The molecule has 0 aliphatic heterocycles. The van der Waals surface area contributed by atoms with Crippen LogP contribution in [-0.4, -0.2) is 57.6 Å². The molecule has 3 aromatic carbocycles. The van der Waals surface area contributed by atoms with Crippen LogP contribution in [0.2, 0.25) is 15.1 Å². The molecule has 0 radical (unpaired) electrons. The van der Waals surface area contributed by atoms with E-state index in [1.165, 1.54) is 22.4 Å². The molecule has 0 spiro atoms. The Kier molecular flexibility index (Phi) is 13.2. The van der Waals surface area contributed by atoms with Crippen LogP contribution in [0.1, 0.15) is 37.8 Å². The van der Waals surface area contributed by atoms with E-state index in [4.69, 9.17) is 39.5 Å². The van der Waals surface area contributed by atoms with Gasteiger partial charge in [-0.15, -0.1) is 0 Å². The van der Waals surface area contributed by atoms with Gasteiger partial charge in [0, 0.05) is 42.5 Å². The molecule has 3 aromatic rings. The highest BCUT2D eigenvalue weighted by molar-refractivity contribution is 7.92. The van der Waals surface area contributed by atoms with E-state index >= 15 is 0 Å². The molecule has 12 heteroatoms. The minimum Gasteiger partial charge on any atom is -0.495 e. The zero-order valence-corrected chi connectivity index (χ0v) is 28.3. The average molecular weight is 683 g/mol. The number of hydrogen-bond donors (Lipinski definition) is 1. The van der Waals surface area contributed by atoms with Crippen molar-refractivity contribution in [3.8, 4) is 5.75 Å². The second-order valence-electron chi connectivity index (χ2n) is 10.9. The van der Waals surface area contributed by atoms with Crippen molar-refractivity contribution in [3.63, 3.8) is 0 Å². The van der Waals surface area contributed by atoms with E-state index in [1.807, 2.05) is 44.2 Å². The van der Waals surface area contributed by atoms with Gasteiger partial charge >= 0.3 is 0 Å². The summed E-state index contributed by atoms with van der Waals surface area (Å²) in [5, 5.41) is 4.06. The molecule has 0 saturated heterocycles. The van der Waals surface area contributed by atoms with E-state index < -0.39 is 16.1 Å². The number of rotatable bonds is 15. The number of carbonyl (C=O) groups excluding carboxylic acids is 2. The Bertz CT molecular complexity index is 1540. The van der Waals surface area contributed by atoms with Crippen molar-refractivity contribution in [3.05, 3.63) is 92.9 Å². The lowest BCUT2D eigenvalue weighted by Gasteiger charge is -2.32. The molecular weight excluding hydrogens is 645 g/mol. The SMILES string of the molecule is COc1ccc(N(CCCC(=O)N(Cc2ccc(Cl)cc2Cl)[C@@H](Cc2ccccc2)C(=O)NCC(C)C)S(C)(=O)=O)cc1Cl. The molecule has 1 atom stereocenters. The van der Waals surface area contributed by atoms with Crippen LogP contribution < -0.4 is 14.4 Å². The lowest BCUT2D eigenvalue weighted by Crippen LogP contribution is -2.51. The highest BCUT2D eigenvalue weighted by Crippen LogP contribution is 2.31. The van der Waals surface area contributed by atoms with Gasteiger partial charge in [0.1, 0.15) is 11.8 Å². The number of nitrogens with one attached hydrogen (secondary N) is 1. The average Bonchev–Trinajstić information content (AvgIpc) is 2.96. The Balaban J connectivity index is 1.91. The van der Waals surface area contributed by atoms with Gasteiger partial charge in [0.25, 0.3) is 0 Å². The quantitative estimate of drug-likeness (QED) is 0.195. The second kappa shape index (κ2) is 16.4. The first-order chi connectivity index (χ1) is 20.8. The summed E-state index contributed by atoms with van der Waals surface area (Å²) in [6.45, 7) is 4.51. The molecule has 2 amide bonds. The molecule has 0 aliphatic rings. The maximum atomic E-state index is 14.0. The molecule has 0 aliphatic carbocycles. The minimum absolute atomic E-state index is 0.0195. The van der Waals surface area contributed by atoms with Gasteiger partial charge in [0.2, 0.25) is 21.8 Å². The summed E-state index contributed by atoms with van der Waals surface area (Å²) in [6.07, 6.45) is 1.54. The summed E-state index contributed by atoms with van der Waals surface area (Å²) in [5.74, 6) is 0.0138. The zero-order valence-electron chi connectivity index (χ0n) is 25.2. The predicted molar refractivity (Wildman–Crippen MR) is 178 cm³/mol. The van der Waals surface area contributed by atoms with Crippen molar-refractivity contribution in [2.24, 2.45) is 5.92 Å². The van der Waals surface area contributed by atoms with Crippen LogP contribution in [0.4, 0.5) is 5.69 Å². The number of sulfonamides is 1. The summed E-state index contributed by atoms with van der Waals surface area (Å²) >= 11 is 18.9. The first kappa shape index (κ1) is 35.5. The molecule has 0 saturated carbocycles. The van der Waals surface area contributed by atoms with Gasteiger partial charge in [-0.3, -0.25) is 13.9 Å². The fourth-order valence-electron chi connectivity index (χ4n) is 4.62. The molecule has 0 unspecified atom stereocenters. The number of ether oxygens (including phenoxy) is 1. The molecule has 8 nitrogen and oxygen atoms in total. The number of halogens is 3. The summed E-state index contributed by atoms with van der Waals surface area (Å²) in [7, 11) is -2.23. The van der Waals surface area contributed by atoms with Gasteiger partial charge in [0.15, 0.2) is 0 Å². The van der Waals surface area contributed by atoms with Crippen molar-refractivity contribution < 1.29 is 22.7 Å². The lowest BCUT2D eigenvalue weighted by atomic mass is 10.0. The van der Waals surface area contributed by atoms with Crippen molar-refractivity contribution in [1.29, 1.82) is 0 Å². The fraction of sp³-hybridized carbons (Fsp3) is 0.375. The van der Waals surface area contributed by atoms with Gasteiger partial charge in [-0.25, -0.2) is 8.42 Å². The number of methoxy groups -OCH3 is 1. The molecule has 0 fully saturated rings. The second-order valence-corrected chi connectivity index (χ2v) is 14.0. The van der Waals surface area contributed by atoms with Crippen molar-refractivity contribution in [2.75, 3.05) is 30.8 Å². The molecule has 3 rings (SSSR count). The molecule has 1 N–H and O–H groups in total. The molecule has 0 aromatic heterocycles. The highest BCUT2D eigenvalue weighted by Gasteiger charge is 2.31. The van der Waals surface area contributed by atoms with Crippen LogP contribution in [-0.2, 0) is 32.6 Å². The van der Waals surface area contributed by atoms with Gasteiger partial charge in [0.05, 0.1) is 24.1 Å². The van der Waals surface area contributed by atoms with E-state index in [9.17, 15) is 18.0 Å². The standard InChI is InChI=1S/C32H38Cl3N3O5S/c1-22(2)20-36-32(40)29(17-23-9-6-5-7-10-23)37(21-24-12-13-25(33)18-27(24)34)31(39)11-8-16-38(44(4,41)42)26-14-15-30(43-3)28(35)19-26/h5-7,9-10,12-15,18-19,22,29H,8,11,16-17,20-21H2,1-4H3,(H,36,40)/t29-/m0/s1. The number of hydrogen-bond acceptors (Lipinski definition) is 5. The molecule has 0 bridgehead atoms. The van der Waals surface area contributed by atoms with Gasteiger partial charge < -0.3 is 15.0 Å². The molecule has 238 valence electrons. The Labute approximate surface area is 275 Å². The van der Waals surface area contributed by atoms with Crippen LogP contribution in [0.3, 0.4) is 0 Å². The third-order valence-electron chi connectivity index (χ3n) is 6.89. The van der Waals surface area contributed by atoms with Crippen molar-refractivity contribution in [2.45, 2.75) is 45.7 Å². The van der Waals surface area contributed by atoms with E-state index in [1.54, 1.807) is 30.3 Å². The van der Waals surface area contributed by atoms with Crippen LogP contribution >= 0.6 is 34.8 Å². The largest absolute Gasteiger partial charge is 0.495 e. The first-order valence-corrected chi connectivity index (χ1v) is 17.1. The third-order valence-corrected chi connectivity index (χ3v) is 8.96. The van der Waals surface area contributed by atoms with E-state index in [0.29, 0.717) is 33.6 Å². The monoisotopic (exact) mass is 681 g/mol. The topological polar surface area (TPSA) is 96.0 Å². The van der Waals surface area contributed by atoms with E-state index in [2.05, 4.69) is 5.32 Å². The molecular formula is C32H38Cl3N3O5S. The van der Waals surface area contributed by atoms with Gasteiger partial charge in [-0.2, -0.15) is 0 Å². The maximum Gasteiger partial charge on any atom is 0.243 e. The zero-order chi connectivity index (χ0) is 32.4. The number of amides is 2. The minimum atomic E-state index is -3.70. The van der Waals surface area contributed by atoms with Gasteiger partial charge in [-0.1, -0.05) is 85.0 Å². The van der Waals surface area contributed by atoms with Crippen LogP contribution in [0.25, 0.3) is 0 Å². The smallest absolute Gasteiger partial charge is 0.243 e. The Morgan fingerprint density at radius 3 is 2.25 bits per heavy atom. The van der Waals surface area contributed by atoms with Crippen LogP contribution in [0.15, 0.2) is 66.7 Å². The third kappa shape index (κ3) is 10.3. The summed E-state index contributed by atoms with van der Waals surface area (Å²) in [6, 6.07) is 18.3. The normalized spacial score (nSPS) is 12.1. The van der Waals surface area contributed by atoms with Gasteiger partial charge in [-0.05, 0) is 53.8 Å². The molecule has 44 heavy (non-hydrogen) atoms. The first-order valence-electron chi connectivity index (χ1n) is 14.2. The maximum absolute atomic E-state index is 14.0. The van der Waals surface area contributed by atoms with Crippen LogP contribution in [0.5, 0.6) is 5.75 Å². The summed E-state index contributed by atoms with van der Waals surface area (Å²) < 4.78 is 31.8. The Morgan fingerprint density at radius 1 is 0.955 bits per heavy atom. The van der Waals surface area contributed by atoms with E-state index in [-0.39, 0.29) is 55.1 Å². The van der Waals surface area contributed by atoms with Crippen molar-refractivity contribution >= 4 is 62.3 Å². The lowest BCUT2D eigenvalue weighted by molar-refractivity contribution is -0.141. The van der Waals surface area contributed by atoms with Crippen molar-refractivity contribution in [1.82, 2.24) is 10.2 Å². The Hall–Kier alpha value is -2.98. The molecule has 0 heterocycles. The number of anilines is 1. The number of carbonyl (C=O) groups is 2. The number of nitrogens with zero attached hydrogens (tertiary/aromatic N) is 2. The van der Waals surface area contributed by atoms with E-state index in [0.717, 1.165) is 11.8 Å². The van der Waals surface area contributed by atoms with Crippen LogP contribution in [0, 0.1) is 5.92 Å². The Morgan fingerprint density at radius 2 is 1.66 bits per heavy atom.